The molecule has 146 valence electrons. The SMILES string of the molecule is Nc1nccn2c1c(-c1cccc(OCc3ccccc3)c1)nc2[C@H]1C[C@@H](O)C1. The van der Waals surface area contributed by atoms with Gasteiger partial charge >= 0.3 is 0 Å². The number of nitrogen functional groups attached to an aromatic ring is 1. The van der Waals surface area contributed by atoms with Crippen molar-refractivity contribution < 1.29 is 9.84 Å². The predicted molar refractivity (Wildman–Crippen MR) is 112 cm³/mol. The van der Waals surface area contributed by atoms with E-state index in [0.29, 0.717) is 12.4 Å². The van der Waals surface area contributed by atoms with E-state index in [4.69, 9.17) is 15.5 Å². The minimum atomic E-state index is -0.246. The van der Waals surface area contributed by atoms with Crippen LogP contribution in [0.1, 0.15) is 30.1 Å². The Morgan fingerprint density at radius 3 is 2.72 bits per heavy atom. The van der Waals surface area contributed by atoms with Crippen LogP contribution >= 0.6 is 0 Å². The number of nitrogens with two attached hydrogens (primary N) is 1. The number of aliphatic hydroxyl groups is 1. The maximum Gasteiger partial charge on any atom is 0.150 e. The topological polar surface area (TPSA) is 85.7 Å². The molecule has 0 aliphatic heterocycles. The first-order valence-electron chi connectivity index (χ1n) is 9.76. The van der Waals surface area contributed by atoms with Crippen LogP contribution in [0.5, 0.6) is 5.75 Å². The van der Waals surface area contributed by atoms with Gasteiger partial charge in [0, 0.05) is 23.9 Å². The number of aliphatic hydroxyl groups excluding tert-OH is 1. The average molecular weight is 386 g/mol. The second-order valence-corrected chi connectivity index (χ2v) is 7.47. The number of nitrogens with zero attached hydrogens (tertiary/aromatic N) is 3. The van der Waals surface area contributed by atoms with Crippen LogP contribution in [0.4, 0.5) is 5.82 Å². The van der Waals surface area contributed by atoms with Gasteiger partial charge in [0.15, 0.2) is 0 Å². The van der Waals surface area contributed by atoms with Gasteiger partial charge in [-0.15, -0.1) is 0 Å². The van der Waals surface area contributed by atoms with E-state index in [1.165, 1.54) is 0 Å². The molecular formula is C23H22N4O2. The van der Waals surface area contributed by atoms with Gasteiger partial charge in [0.1, 0.15) is 35.2 Å². The van der Waals surface area contributed by atoms with Crippen molar-refractivity contribution in [1.29, 1.82) is 0 Å². The van der Waals surface area contributed by atoms with Crippen molar-refractivity contribution >= 4 is 11.3 Å². The summed E-state index contributed by atoms with van der Waals surface area (Å²) in [6.07, 6.45) is 4.77. The molecule has 1 saturated carbocycles. The summed E-state index contributed by atoms with van der Waals surface area (Å²) in [5.74, 6) is 2.36. The van der Waals surface area contributed by atoms with E-state index in [1.54, 1.807) is 6.20 Å². The van der Waals surface area contributed by atoms with Crippen LogP contribution in [-0.4, -0.2) is 25.6 Å². The van der Waals surface area contributed by atoms with Gasteiger partial charge in [-0.2, -0.15) is 0 Å². The Kier molecular flexibility index (Phi) is 4.41. The van der Waals surface area contributed by atoms with Crippen LogP contribution in [-0.2, 0) is 6.61 Å². The molecule has 0 spiro atoms. The molecule has 0 amide bonds. The van der Waals surface area contributed by atoms with Gasteiger partial charge in [0.05, 0.1) is 6.10 Å². The summed E-state index contributed by atoms with van der Waals surface area (Å²) >= 11 is 0. The third-order valence-corrected chi connectivity index (χ3v) is 5.44. The van der Waals surface area contributed by atoms with Crippen LogP contribution < -0.4 is 10.5 Å². The molecule has 2 aromatic heterocycles. The zero-order valence-corrected chi connectivity index (χ0v) is 15.9. The quantitative estimate of drug-likeness (QED) is 0.545. The first kappa shape index (κ1) is 17.7. The lowest BCUT2D eigenvalue weighted by Gasteiger charge is -2.30. The lowest BCUT2D eigenvalue weighted by Crippen LogP contribution is -2.27. The lowest BCUT2D eigenvalue weighted by atomic mass is 9.82. The van der Waals surface area contributed by atoms with Gasteiger partial charge in [0.2, 0.25) is 0 Å². The number of fused-ring (bicyclic) bond motifs is 1. The van der Waals surface area contributed by atoms with Crippen molar-refractivity contribution in [2.24, 2.45) is 0 Å². The van der Waals surface area contributed by atoms with Gasteiger partial charge in [-0.05, 0) is 30.5 Å². The molecule has 0 bridgehead atoms. The number of hydrogen-bond acceptors (Lipinski definition) is 5. The number of rotatable bonds is 5. The second kappa shape index (κ2) is 7.22. The molecule has 0 radical (unpaired) electrons. The highest BCUT2D eigenvalue weighted by atomic mass is 16.5. The molecule has 0 atom stereocenters. The third-order valence-electron chi connectivity index (χ3n) is 5.44. The van der Waals surface area contributed by atoms with Gasteiger partial charge in [-0.25, -0.2) is 9.97 Å². The van der Waals surface area contributed by atoms with Crippen LogP contribution in [0, 0.1) is 0 Å². The molecule has 2 aromatic carbocycles. The van der Waals surface area contributed by atoms with E-state index in [9.17, 15) is 5.11 Å². The van der Waals surface area contributed by atoms with Crippen LogP contribution in [0.3, 0.4) is 0 Å². The number of ether oxygens (including phenoxy) is 1. The summed E-state index contributed by atoms with van der Waals surface area (Å²) in [6, 6.07) is 18.0. The van der Waals surface area contributed by atoms with E-state index < -0.39 is 0 Å². The van der Waals surface area contributed by atoms with E-state index >= 15 is 0 Å². The first-order chi connectivity index (χ1) is 14.2. The molecule has 5 rings (SSSR count). The Morgan fingerprint density at radius 2 is 1.93 bits per heavy atom. The summed E-state index contributed by atoms with van der Waals surface area (Å²) in [6.45, 7) is 0.503. The molecule has 0 saturated heterocycles. The molecule has 1 fully saturated rings. The fraction of sp³-hybridized carbons (Fsp3) is 0.217. The first-order valence-corrected chi connectivity index (χ1v) is 9.76. The van der Waals surface area contributed by atoms with Crippen molar-refractivity contribution in [1.82, 2.24) is 14.4 Å². The van der Waals surface area contributed by atoms with E-state index in [2.05, 4.69) is 4.98 Å². The zero-order valence-electron chi connectivity index (χ0n) is 15.9. The molecule has 2 heterocycles. The van der Waals surface area contributed by atoms with Crippen LogP contribution in [0.25, 0.3) is 16.8 Å². The number of hydrogen-bond donors (Lipinski definition) is 2. The summed E-state index contributed by atoms with van der Waals surface area (Å²) in [5, 5.41) is 9.73. The Balaban J connectivity index is 1.50. The standard InChI is InChI=1S/C23H22N4O2/c24-22-21-20(26-23(17-11-18(28)12-17)27(21)10-9-25-22)16-7-4-8-19(13-16)29-14-15-5-2-1-3-6-15/h1-10,13,17-18,28H,11-12,14H2,(H2,24,25)/t17-,18+. The molecule has 6 heteroatoms. The Bertz CT molecular complexity index is 1150. The Morgan fingerprint density at radius 1 is 1.10 bits per heavy atom. The summed E-state index contributed by atoms with van der Waals surface area (Å²) in [7, 11) is 0. The molecule has 3 N–H and O–H groups in total. The lowest BCUT2D eigenvalue weighted by molar-refractivity contribution is 0.0715. The fourth-order valence-corrected chi connectivity index (χ4v) is 3.85. The molecule has 29 heavy (non-hydrogen) atoms. The average Bonchev–Trinajstić information content (AvgIpc) is 3.11. The third kappa shape index (κ3) is 3.32. The summed E-state index contributed by atoms with van der Waals surface area (Å²) < 4.78 is 7.99. The van der Waals surface area contributed by atoms with E-state index in [-0.39, 0.29) is 12.0 Å². The summed E-state index contributed by atoms with van der Waals surface area (Å²) in [4.78, 5) is 9.17. The Hall–Kier alpha value is -3.38. The number of anilines is 1. The predicted octanol–water partition coefficient (Wildman–Crippen LogP) is 3.80. The van der Waals surface area contributed by atoms with Gasteiger partial charge in [-0.3, -0.25) is 4.40 Å². The highest BCUT2D eigenvalue weighted by Gasteiger charge is 2.33. The zero-order chi connectivity index (χ0) is 19.8. The normalized spacial score (nSPS) is 18.5. The largest absolute Gasteiger partial charge is 0.489 e. The molecular weight excluding hydrogens is 364 g/mol. The van der Waals surface area contributed by atoms with Crippen LogP contribution in [0.15, 0.2) is 67.0 Å². The minimum absolute atomic E-state index is 0.227. The highest BCUT2D eigenvalue weighted by Crippen LogP contribution is 2.39. The van der Waals surface area contributed by atoms with Crippen molar-refractivity contribution in [2.45, 2.75) is 31.5 Å². The van der Waals surface area contributed by atoms with E-state index in [1.807, 2.05) is 65.2 Å². The van der Waals surface area contributed by atoms with Gasteiger partial charge < -0.3 is 15.6 Å². The maximum absolute atomic E-state index is 9.73. The number of aromatic nitrogens is 3. The maximum atomic E-state index is 9.73. The molecule has 4 aromatic rings. The molecule has 0 unspecified atom stereocenters. The van der Waals surface area contributed by atoms with E-state index in [0.717, 1.165) is 46.8 Å². The Labute approximate surface area is 168 Å². The van der Waals surface area contributed by atoms with Gasteiger partial charge in [0.25, 0.3) is 0 Å². The van der Waals surface area contributed by atoms with Crippen molar-refractivity contribution in [3.05, 3.63) is 78.4 Å². The monoisotopic (exact) mass is 386 g/mol. The minimum Gasteiger partial charge on any atom is -0.489 e. The second-order valence-electron chi connectivity index (χ2n) is 7.47. The number of benzene rings is 2. The molecule has 1 aliphatic carbocycles. The van der Waals surface area contributed by atoms with Crippen molar-refractivity contribution in [2.75, 3.05) is 5.73 Å². The fourth-order valence-electron chi connectivity index (χ4n) is 3.85. The van der Waals surface area contributed by atoms with Gasteiger partial charge in [-0.1, -0.05) is 42.5 Å². The summed E-state index contributed by atoms with van der Waals surface area (Å²) in [5.41, 5.74) is 9.84. The van der Waals surface area contributed by atoms with Crippen molar-refractivity contribution in [3.63, 3.8) is 0 Å². The molecule has 1 aliphatic rings. The smallest absolute Gasteiger partial charge is 0.150 e. The number of imidazole rings is 1. The van der Waals surface area contributed by atoms with Crippen LogP contribution in [0.2, 0.25) is 0 Å². The highest BCUT2D eigenvalue weighted by molar-refractivity contribution is 5.85. The van der Waals surface area contributed by atoms with Crippen molar-refractivity contribution in [3.8, 4) is 17.0 Å². The molecule has 6 nitrogen and oxygen atoms in total.